The first-order valence-corrected chi connectivity index (χ1v) is 8.84. The van der Waals surface area contributed by atoms with Crippen LogP contribution in [0.25, 0.3) is 0 Å². The molecule has 1 fully saturated rings. The van der Waals surface area contributed by atoms with E-state index in [4.69, 9.17) is 4.74 Å². The molecule has 128 valence electrons. The van der Waals surface area contributed by atoms with E-state index in [0.29, 0.717) is 13.1 Å². The van der Waals surface area contributed by atoms with Crippen molar-refractivity contribution in [2.24, 2.45) is 5.92 Å². The minimum atomic E-state index is -3.78. The van der Waals surface area contributed by atoms with Crippen LogP contribution in [-0.4, -0.2) is 56.8 Å². The van der Waals surface area contributed by atoms with Crippen LogP contribution in [0.5, 0.6) is 5.75 Å². The van der Waals surface area contributed by atoms with Crippen LogP contribution in [0.3, 0.4) is 0 Å². The smallest absolute Gasteiger partial charge is 0.243 e. The van der Waals surface area contributed by atoms with E-state index in [0.717, 1.165) is 6.07 Å². The van der Waals surface area contributed by atoms with Crippen LogP contribution in [0.1, 0.15) is 13.8 Å². The predicted octanol–water partition coefficient (Wildman–Crippen LogP) is 1.32. The summed E-state index contributed by atoms with van der Waals surface area (Å²) in [4.78, 5) is 13.5. The Morgan fingerprint density at radius 1 is 1.22 bits per heavy atom. The van der Waals surface area contributed by atoms with Gasteiger partial charge in [0, 0.05) is 32.1 Å². The molecule has 0 aliphatic carbocycles. The number of sulfonamides is 1. The molecule has 23 heavy (non-hydrogen) atoms. The van der Waals surface area contributed by atoms with Crippen molar-refractivity contribution in [1.29, 1.82) is 0 Å². The maximum absolute atomic E-state index is 13.7. The summed E-state index contributed by atoms with van der Waals surface area (Å²) in [6, 6.07) is 3.57. The second kappa shape index (κ2) is 6.84. The zero-order chi connectivity index (χ0) is 17.2. The highest BCUT2D eigenvalue weighted by molar-refractivity contribution is 7.89. The van der Waals surface area contributed by atoms with Crippen molar-refractivity contribution in [2.45, 2.75) is 18.7 Å². The van der Waals surface area contributed by atoms with Gasteiger partial charge in [0.25, 0.3) is 0 Å². The second-order valence-corrected chi connectivity index (χ2v) is 7.62. The molecule has 8 heteroatoms. The first kappa shape index (κ1) is 17.7. The molecule has 1 amide bonds. The molecule has 1 heterocycles. The molecule has 0 spiro atoms. The molecule has 2 rings (SSSR count). The number of ether oxygens (including phenoxy) is 1. The molecule has 0 bridgehead atoms. The van der Waals surface area contributed by atoms with Crippen LogP contribution in [-0.2, 0) is 14.8 Å². The largest absolute Gasteiger partial charge is 0.494 e. The van der Waals surface area contributed by atoms with E-state index in [1.165, 1.54) is 23.5 Å². The van der Waals surface area contributed by atoms with Gasteiger partial charge in [-0.05, 0) is 18.2 Å². The molecule has 1 aromatic rings. The van der Waals surface area contributed by atoms with Crippen molar-refractivity contribution in [3.8, 4) is 5.75 Å². The number of hydrogen-bond acceptors (Lipinski definition) is 4. The van der Waals surface area contributed by atoms with Gasteiger partial charge in [0.2, 0.25) is 15.9 Å². The van der Waals surface area contributed by atoms with Gasteiger partial charge in [-0.25, -0.2) is 12.8 Å². The second-order valence-electron chi connectivity index (χ2n) is 5.68. The highest BCUT2D eigenvalue weighted by atomic mass is 32.2. The number of rotatable bonds is 4. The van der Waals surface area contributed by atoms with Gasteiger partial charge in [-0.15, -0.1) is 0 Å². The highest BCUT2D eigenvalue weighted by Gasteiger charge is 2.31. The maximum Gasteiger partial charge on any atom is 0.243 e. The molecule has 1 saturated heterocycles. The van der Waals surface area contributed by atoms with Crippen molar-refractivity contribution in [3.63, 3.8) is 0 Å². The molecule has 0 atom stereocenters. The molecule has 0 unspecified atom stereocenters. The number of carbonyl (C=O) groups is 1. The first-order valence-electron chi connectivity index (χ1n) is 7.40. The standard InChI is InChI=1S/C15H21FN2O4S/c1-11(2)15(19)17-6-8-18(9-7-17)23(20,21)12-4-5-14(22-3)13(16)10-12/h4-5,10-11H,6-9H2,1-3H3. The lowest BCUT2D eigenvalue weighted by Gasteiger charge is -2.34. The van der Waals surface area contributed by atoms with Crippen molar-refractivity contribution in [2.75, 3.05) is 33.3 Å². The summed E-state index contributed by atoms with van der Waals surface area (Å²) in [5, 5.41) is 0. The number of carbonyl (C=O) groups excluding carboxylic acids is 1. The fourth-order valence-electron chi connectivity index (χ4n) is 2.47. The summed E-state index contributed by atoms with van der Waals surface area (Å²) in [5.41, 5.74) is 0. The van der Waals surface area contributed by atoms with E-state index in [1.807, 2.05) is 13.8 Å². The molecule has 1 aromatic carbocycles. The third-order valence-corrected chi connectivity index (χ3v) is 5.70. The van der Waals surface area contributed by atoms with Gasteiger partial charge in [0.05, 0.1) is 12.0 Å². The van der Waals surface area contributed by atoms with Gasteiger partial charge in [-0.3, -0.25) is 4.79 Å². The lowest BCUT2D eigenvalue weighted by atomic mass is 10.2. The topological polar surface area (TPSA) is 66.9 Å². The summed E-state index contributed by atoms with van der Waals surface area (Å²) in [5.74, 6) is -0.829. The quantitative estimate of drug-likeness (QED) is 0.826. The Morgan fingerprint density at radius 3 is 2.30 bits per heavy atom. The number of piperazine rings is 1. The van der Waals surface area contributed by atoms with E-state index < -0.39 is 15.8 Å². The molecular weight excluding hydrogens is 323 g/mol. The lowest BCUT2D eigenvalue weighted by molar-refractivity contribution is -0.135. The molecule has 1 aliphatic heterocycles. The van der Waals surface area contributed by atoms with E-state index in [9.17, 15) is 17.6 Å². The van der Waals surface area contributed by atoms with Gasteiger partial charge in [-0.1, -0.05) is 13.8 Å². The Kier molecular flexibility index (Phi) is 5.26. The molecule has 1 aliphatic rings. The van der Waals surface area contributed by atoms with Crippen molar-refractivity contribution in [3.05, 3.63) is 24.0 Å². The third-order valence-electron chi connectivity index (χ3n) is 3.81. The van der Waals surface area contributed by atoms with Crippen molar-refractivity contribution >= 4 is 15.9 Å². The molecule has 0 radical (unpaired) electrons. The summed E-state index contributed by atoms with van der Waals surface area (Å²) in [6.07, 6.45) is 0. The SMILES string of the molecule is COc1ccc(S(=O)(=O)N2CCN(C(=O)C(C)C)CC2)cc1F. The normalized spacial score (nSPS) is 16.7. The van der Waals surface area contributed by atoms with Crippen LogP contribution in [0.4, 0.5) is 4.39 Å². The van der Waals surface area contributed by atoms with Crippen LogP contribution >= 0.6 is 0 Å². The summed E-state index contributed by atoms with van der Waals surface area (Å²) >= 11 is 0. The fourth-order valence-corrected chi connectivity index (χ4v) is 3.91. The number of hydrogen-bond donors (Lipinski definition) is 0. The van der Waals surface area contributed by atoms with Gasteiger partial charge >= 0.3 is 0 Å². The number of methoxy groups -OCH3 is 1. The average molecular weight is 344 g/mol. The van der Waals surface area contributed by atoms with Crippen molar-refractivity contribution in [1.82, 2.24) is 9.21 Å². The number of nitrogens with zero attached hydrogens (tertiary/aromatic N) is 2. The van der Waals surface area contributed by atoms with Crippen molar-refractivity contribution < 1.29 is 22.3 Å². The van der Waals surface area contributed by atoms with Crippen LogP contribution in [0.2, 0.25) is 0 Å². The molecular formula is C15H21FN2O4S. The van der Waals surface area contributed by atoms with E-state index in [-0.39, 0.29) is 35.6 Å². The maximum atomic E-state index is 13.7. The van der Waals surface area contributed by atoms with E-state index in [2.05, 4.69) is 0 Å². The first-order chi connectivity index (χ1) is 10.8. The zero-order valence-corrected chi connectivity index (χ0v) is 14.3. The molecule has 6 nitrogen and oxygen atoms in total. The summed E-state index contributed by atoms with van der Waals surface area (Å²) in [7, 11) is -2.46. The number of amides is 1. The molecule has 0 saturated carbocycles. The predicted molar refractivity (Wildman–Crippen MR) is 83.1 cm³/mol. The van der Waals surface area contributed by atoms with E-state index >= 15 is 0 Å². The Hall–Kier alpha value is -1.67. The van der Waals surface area contributed by atoms with Crippen LogP contribution in [0.15, 0.2) is 23.1 Å². The Labute approximate surface area is 135 Å². The Morgan fingerprint density at radius 2 is 1.83 bits per heavy atom. The van der Waals surface area contributed by atoms with E-state index in [1.54, 1.807) is 4.90 Å². The number of halogens is 1. The Balaban J connectivity index is 2.13. The third kappa shape index (κ3) is 3.64. The highest BCUT2D eigenvalue weighted by Crippen LogP contribution is 2.24. The van der Waals surface area contributed by atoms with Gasteiger partial charge in [0.1, 0.15) is 0 Å². The summed E-state index contributed by atoms with van der Waals surface area (Å²) in [6.45, 7) is 4.71. The minimum absolute atomic E-state index is 0.00343. The monoisotopic (exact) mass is 344 g/mol. The van der Waals surface area contributed by atoms with Crippen LogP contribution < -0.4 is 4.74 Å². The molecule has 0 aromatic heterocycles. The summed E-state index contributed by atoms with van der Waals surface area (Å²) < 4.78 is 44.9. The minimum Gasteiger partial charge on any atom is -0.494 e. The van der Waals surface area contributed by atoms with Gasteiger partial charge in [-0.2, -0.15) is 4.31 Å². The van der Waals surface area contributed by atoms with Crippen LogP contribution in [0, 0.1) is 11.7 Å². The van der Waals surface area contributed by atoms with Gasteiger partial charge in [0.15, 0.2) is 11.6 Å². The lowest BCUT2D eigenvalue weighted by Crippen LogP contribution is -2.51. The fraction of sp³-hybridized carbons (Fsp3) is 0.533. The average Bonchev–Trinajstić information content (AvgIpc) is 2.54. The zero-order valence-electron chi connectivity index (χ0n) is 13.5. The number of benzene rings is 1. The van der Waals surface area contributed by atoms with Gasteiger partial charge < -0.3 is 9.64 Å². The molecule has 0 N–H and O–H groups in total. The Bertz CT molecular complexity index is 683.